The molecule has 4 atom stereocenters. The van der Waals surface area contributed by atoms with E-state index < -0.39 is 0 Å². The Balaban J connectivity index is 2.07. The molecule has 2 unspecified atom stereocenters. The van der Waals surface area contributed by atoms with Crippen LogP contribution in [0.2, 0.25) is 0 Å². The quantitative estimate of drug-likeness (QED) is 0.638. The van der Waals surface area contributed by atoms with Crippen LogP contribution in [0.15, 0.2) is 0 Å². The number of nitrogens with two attached hydrogens (primary N) is 1. The Morgan fingerprint density at radius 1 is 1.33 bits per heavy atom. The molecule has 70 valence electrons. The lowest BCUT2D eigenvalue weighted by Crippen LogP contribution is -2.39. The molecule has 0 spiro atoms. The summed E-state index contributed by atoms with van der Waals surface area (Å²) in [5, 5.41) is 0. The summed E-state index contributed by atoms with van der Waals surface area (Å²) in [4.78, 5) is 0. The standard InChI is InChI=1S/C11H21N/c1-3-9-5-10-4-8(2)6-11(10,12)7-9/h8-10H,3-7,12H2,1-2H3/t8?,9?,10-,11-/m0/s1. The van der Waals surface area contributed by atoms with Gasteiger partial charge in [0.15, 0.2) is 0 Å². The minimum atomic E-state index is 0.250. The van der Waals surface area contributed by atoms with Crippen LogP contribution in [-0.2, 0) is 0 Å². The topological polar surface area (TPSA) is 26.0 Å². The third kappa shape index (κ3) is 1.19. The van der Waals surface area contributed by atoms with E-state index in [1.807, 2.05) is 0 Å². The highest BCUT2D eigenvalue weighted by molar-refractivity contribution is 5.05. The van der Waals surface area contributed by atoms with Gasteiger partial charge in [-0.1, -0.05) is 20.3 Å². The highest BCUT2D eigenvalue weighted by atomic mass is 14.8. The Kier molecular flexibility index (Phi) is 1.95. The molecule has 1 heteroatoms. The van der Waals surface area contributed by atoms with Crippen molar-refractivity contribution >= 4 is 0 Å². The second-order valence-electron chi connectivity index (χ2n) is 5.19. The van der Waals surface area contributed by atoms with Gasteiger partial charge in [0.05, 0.1) is 0 Å². The van der Waals surface area contributed by atoms with Crippen LogP contribution in [0.3, 0.4) is 0 Å². The van der Waals surface area contributed by atoms with Crippen LogP contribution in [0.4, 0.5) is 0 Å². The van der Waals surface area contributed by atoms with Crippen molar-refractivity contribution < 1.29 is 0 Å². The average Bonchev–Trinajstić information content (AvgIpc) is 2.38. The monoisotopic (exact) mass is 167 g/mol. The van der Waals surface area contributed by atoms with Gasteiger partial charge in [0.25, 0.3) is 0 Å². The molecule has 0 aromatic carbocycles. The van der Waals surface area contributed by atoms with Crippen LogP contribution in [0.1, 0.15) is 46.0 Å². The summed E-state index contributed by atoms with van der Waals surface area (Å²) < 4.78 is 0. The molecule has 0 aliphatic heterocycles. The summed E-state index contributed by atoms with van der Waals surface area (Å²) >= 11 is 0. The van der Waals surface area contributed by atoms with E-state index in [0.717, 1.165) is 17.8 Å². The van der Waals surface area contributed by atoms with Crippen molar-refractivity contribution in [3.8, 4) is 0 Å². The second-order valence-corrected chi connectivity index (χ2v) is 5.19. The van der Waals surface area contributed by atoms with Gasteiger partial charge in [-0.25, -0.2) is 0 Å². The van der Waals surface area contributed by atoms with E-state index in [1.54, 1.807) is 0 Å². The molecule has 1 nitrogen and oxygen atoms in total. The maximum absolute atomic E-state index is 6.42. The normalized spacial score (nSPS) is 52.8. The fourth-order valence-corrected chi connectivity index (χ4v) is 3.53. The predicted molar refractivity (Wildman–Crippen MR) is 51.8 cm³/mol. The van der Waals surface area contributed by atoms with E-state index in [2.05, 4.69) is 13.8 Å². The van der Waals surface area contributed by atoms with E-state index in [1.165, 1.54) is 32.1 Å². The van der Waals surface area contributed by atoms with Crippen LogP contribution < -0.4 is 5.73 Å². The lowest BCUT2D eigenvalue weighted by Gasteiger charge is -2.23. The maximum atomic E-state index is 6.42. The molecule has 2 fully saturated rings. The minimum absolute atomic E-state index is 0.250. The lowest BCUT2D eigenvalue weighted by atomic mass is 9.91. The van der Waals surface area contributed by atoms with Crippen LogP contribution in [-0.4, -0.2) is 5.54 Å². The molecular weight excluding hydrogens is 146 g/mol. The molecule has 2 saturated carbocycles. The Morgan fingerprint density at radius 2 is 2.08 bits per heavy atom. The van der Waals surface area contributed by atoms with E-state index in [9.17, 15) is 0 Å². The molecular formula is C11H21N. The first-order valence-corrected chi connectivity index (χ1v) is 5.43. The molecule has 2 aliphatic rings. The molecule has 2 rings (SSSR count). The summed E-state index contributed by atoms with van der Waals surface area (Å²) in [5.74, 6) is 2.68. The first-order valence-electron chi connectivity index (χ1n) is 5.43. The molecule has 2 N–H and O–H groups in total. The third-order valence-corrected chi connectivity index (χ3v) is 4.09. The molecule has 0 amide bonds. The van der Waals surface area contributed by atoms with E-state index in [-0.39, 0.29) is 5.54 Å². The van der Waals surface area contributed by atoms with Crippen LogP contribution in [0.5, 0.6) is 0 Å². The van der Waals surface area contributed by atoms with E-state index >= 15 is 0 Å². The maximum Gasteiger partial charge on any atom is 0.0188 e. The Bertz CT molecular complexity index is 178. The predicted octanol–water partition coefficient (Wildman–Crippen LogP) is 2.55. The van der Waals surface area contributed by atoms with Gasteiger partial charge in [0, 0.05) is 5.54 Å². The minimum Gasteiger partial charge on any atom is -0.325 e. The molecule has 0 heterocycles. The number of rotatable bonds is 1. The van der Waals surface area contributed by atoms with Crippen LogP contribution in [0.25, 0.3) is 0 Å². The summed E-state index contributed by atoms with van der Waals surface area (Å²) in [6.07, 6.45) is 6.74. The zero-order valence-corrected chi connectivity index (χ0v) is 8.34. The van der Waals surface area contributed by atoms with Gasteiger partial charge < -0.3 is 5.73 Å². The lowest BCUT2D eigenvalue weighted by molar-refractivity contribution is 0.363. The molecule has 0 aromatic heterocycles. The Morgan fingerprint density at radius 3 is 2.67 bits per heavy atom. The molecule has 0 bridgehead atoms. The second kappa shape index (κ2) is 2.73. The fourth-order valence-electron chi connectivity index (χ4n) is 3.53. The molecule has 0 radical (unpaired) electrons. The van der Waals surface area contributed by atoms with Gasteiger partial charge in [-0.05, 0) is 43.4 Å². The molecule has 0 saturated heterocycles. The van der Waals surface area contributed by atoms with Crippen molar-refractivity contribution in [2.75, 3.05) is 0 Å². The van der Waals surface area contributed by atoms with E-state index in [0.29, 0.717) is 0 Å². The van der Waals surface area contributed by atoms with Crippen molar-refractivity contribution in [3.63, 3.8) is 0 Å². The Hall–Kier alpha value is -0.0400. The van der Waals surface area contributed by atoms with Gasteiger partial charge in [0.2, 0.25) is 0 Å². The molecule has 12 heavy (non-hydrogen) atoms. The highest BCUT2D eigenvalue weighted by Crippen LogP contribution is 2.51. The number of hydrogen-bond acceptors (Lipinski definition) is 1. The van der Waals surface area contributed by atoms with Gasteiger partial charge in [-0.15, -0.1) is 0 Å². The first-order chi connectivity index (χ1) is 5.64. The molecule has 0 aromatic rings. The SMILES string of the molecule is CCC1C[C@@H]2CC(C)C[C@]2(N)C1. The highest BCUT2D eigenvalue weighted by Gasteiger charge is 2.48. The molecule has 2 aliphatic carbocycles. The van der Waals surface area contributed by atoms with Gasteiger partial charge in [0.1, 0.15) is 0 Å². The van der Waals surface area contributed by atoms with Crippen molar-refractivity contribution in [3.05, 3.63) is 0 Å². The summed E-state index contributed by atoms with van der Waals surface area (Å²) in [7, 11) is 0. The smallest absolute Gasteiger partial charge is 0.0188 e. The van der Waals surface area contributed by atoms with E-state index in [4.69, 9.17) is 5.73 Å². The van der Waals surface area contributed by atoms with Crippen molar-refractivity contribution in [1.29, 1.82) is 0 Å². The van der Waals surface area contributed by atoms with Gasteiger partial charge in [-0.2, -0.15) is 0 Å². The number of fused-ring (bicyclic) bond motifs is 1. The largest absolute Gasteiger partial charge is 0.325 e. The fraction of sp³-hybridized carbons (Fsp3) is 1.00. The third-order valence-electron chi connectivity index (χ3n) is 4.09. The average molecular weight is 167 g/mol. The summed E-state index contributed by atoms with van der Waals surface area (Å²) in [6.45, 7) is 4.66. The summed E-state index contributed by atoms with van der Waals surface area (Å²) in [6, 6.07) is 0. The zero-order chi connectivity index (χ0) is 8.77. The van der Waals surface area contributed by atoms with Crippen molar-refractivity contribution in [2.45, 2.75) is 51.5 Å². The van der Waals surface area contributed by atoms with Crippen LogP contribution in [0, 0.1) is 17.8 Å². The summed E-state index contributed by atoms with van der Waals surface area (Å²) in [5.41, 5.74) is 6.67. The van der Waals surface area contributed by atoms with Gasteiger partial charge in [-0.3, -0.25) is 0 Å². The Labute approximate surface area is 75.7 Å². The zero-order valence-electron chi connectivity index (χ0n) is 8.34. The van der Waals surface area contributed by atoms with Crippen molar-refractivity contribution in [2.24, 2.45) is 23.5 Å². The van der Waals surface area contributed by atoms with Gasteiger partial charge >= 0.3 is 0 Å². The van der Waals surface area contributed by atoms with Crippen molar-refractivity contribution in [1.82, 2.24) is 0 Å². The first kappa shape index (κ1) is 8.55. The van der Waals surface area contributed by atoms with Crippen LogP contribution >= 0.6 is 0 Å². The number of hydrogen-bond donors (Lipinski definition) is 1.